The van der Waals surface area contributed by atoms with Crippen molar-refractivity contribution in [3.63, 3.8) is 0 Å². The van der Waals surface area contributed by atoms with E-state index < -0.39 is 0 Å². The Morgan fingerprint density at radius 1 is 1.53 bits per heavy atom. The number of carbonyl (C=O) groups is 1. The minimum atomic E-state index is -0.0645. The first-order chi connectivity index (χ1) is 7.13. The van der Waals surface area contributed by atoms with E-state index in [9.17, 15) is 4.79 Å². The standard InChI is InChI=1S/C11H22N2OS/c1-9(7-12)10(14)13-8-11(15-2)5-3-4-6-11/h9H,3-8,12H2,1-2H3,(H,13,14). The lowest BCUT2D eigenvalue weighted by atomic mass is 10.1. The van der Waals surface area contributed by atoms with Crippen LogP contribution in [0.1, 0.15) is 32.6 Å². The molecule has 0 bridgehead atoms. The fourth-order valence-corrected chi connectivity index (χ4v) is 2.92. The van der Waals surface area contributed by atoms with Crippen molar-refractivity contribution in [1.29, 1.82) is 0 Å². The van der Waals surface area contributed by atoms with Gasteiger partial charge in [0.05, 0.1) is 0 Å². The summed E-state index contributed by atoms with van der Waals surface area (Å²) >= 11 is 1.90. The number of hydrogen-bond acceptors (Lipinski definition) is 3. The lowest BCUT2D eigenvalue weighted by Gasteiger charge is -2.27. The number of amides is 1. The number of nitrogens with one attached hydrogen (secondary N) is 1. The Bertz CT molecular complexity index is 215. The first kappa shape index (κ1) is 12.8. The van der Waals surface area contributed by atoms with E-state index in [0.717, 1.165) is 6.54 Å². The highest BCUT2D eigenvalue weighted by Crippen LogP contribution is 2.39. The number of thioether (sulfide) groups is 1. The van der Waals surface area contributed by atoms with Gasteiger partial charge in [-0.1, -0.05) is 19.8 Å². The molecule has 1 saturated carbocycles. The largest absolute Gasteiger partial charge is 0.354 e. The van der Waals surface area contributed by atoms with Gasteiger partial charge in [0.1, 0.15) is 0 Å². The molecule has 15 heavy (non-hydrogen) atoms. The lowest BCUT2D eigenvalue weighted by molar-refractivity contribution is -0.124. The molecule has 0 aromatic carbocycles. The van der Waals surface area contributed by atoms with Gasteiger partial charge >= 0.3 is 0 Å². The molecule has 0 heterocycles. The topological polar surface area (TPSA) is 55.1 Å². The number of carbonyl (C=O) groups excluding carboxylic acids is 1. The molecule has 0 saturated heterocycles. The van der Waals surface area contributed by atoms with Crippen molar-refractivity contribution in [2.45, 2.75) is 37.4 Å². The van der Waals surface area contributed by atoms with Crippen LogP contribution in [-0.4, -0.2) is 30.0 Å². The smallest absolute Gasteiger partial charge is 0.224 e. The molecule has 1 aliphatic carbocycles. The van der Waals surface area contributed by atoms with Gasteiger partial charge in [-0.3, -0.25) is 4.79 Å². The third-order valence-corrected chi connectivity index (χ3v) is 4.75. The summed E-state index contributed by atoms with van der Waals surface area (Å²) in [6.07, 6.45) is 7.19. The molecule has 1 unspecified atom stereocenters. The predicted octanol–water partition coefficient (Wildman–Crippen LogP) is 1.37. The Balaban J connectivity index is 2.37. The van der Waals surface area contributed by atoms with Crippen LogP contribution >= 0.6 is 11.8 Å². The third-order valence-electron chi connectivity index (χ3n) is 3.33. The highest BCUT2D eigenvalue weighted by Gasteiger charge is 2.33. The average Bonchev–Trinajstić information content (AvgIpc) is 2.74. The van der Waals surface area contributed by atoms with Crippen LogP contribution in [0.2, 0.25) is 0 Å². The van der Waals surface area contributed by atoms with Gasteiger partial charge in [-0.15, -0.1) is 0 Å². The molecular formula is C11H22N2OS. The Kier molecular flexibility index (Phi) is 4.93. The maximum atomic E-state index is 11.6. The van der Waals surface area contributed by atoms with E-state index in [1.54, 1.807) is 0 Å². The van der Waals surface area contributed by atoms with E-state index in [1.807, 2.05) is 18.7 Å². The molecule has 88 valence electrons. The fraction of sp³-hybridized carbons (Fsp3) is 0.909. The summed E-state index contributed by atoms with van der Waals surface area (Å²) in [7, 11) is 0. The van der Waals surface area contributed by atoms with Crippen molar-refractivity contribution in [1.82, 2.24) is 5.32 Å². The van der Waals surface area contributed by atoms with Crippen LogP contribution in [0.25, 0.3) is 0 Å². The Labute approximate surface area is 96.6 Å². The molecule has 4 heteroatoms. The summed E-state index contributed by atoms with van der Waals surface area (Å²) in [5.74, 6) is 0.0307. The van der Waals surface area contributed by atoms with Crippen molar-refractivity contribution in [2.24, 2.45) is 11.7 Å². The number of rotatable bonds is 5. The molecule has 1 atom stereocenters. The van der Waals surface area contributed by atoms with Crippen LogP contribution in [0.4, 0.5) is 0 Å². The van der Waals surface area contributed by atoms with E-state index in [4.69, 9.17) is 5.73 Å². The first-order valence-corrected chi connectivity index (χ1v) is 6.89. The zero-order valence-electron chi connectivity index (χ0n) is 9.71. The molecule has 0 aliphatic heterocycles. The lowest BCUT2D eigenvalue weighted by Crippen LogP contribution is -2.42. The van der Waals surface area contributed by atoms with E-state index in [0.29, 0.717) is 11.3 Å². The number of nitrogens with two attached hydrogens (primary N) is 1. The molecule has 1 aliphatic rings. The van der Waals surface area contributed by atoms with Gasteiger partial charge < -0.3 is 11.1 Å². The van der Waals surface area contributed by atoms with Gasteiger partial charge in [0.25, 0.3) is 0 Å². The van der Waals surface area contributed by atoms with Gasteiger partial charge in [0.15, 0.2) is 0 Å². The van der Waals surface area contributed by atoms with Gasteiger partial charge in [-0.2, -0.15) is 11.8 Å². The minimum absolute atomic E-state index is 0.0645. The highest BCUT2D eigenvalue weighted by molar-refractivity contribution is 8.00. The summed E-state index contributed by atoms with van der Waals surface area (Å²) in [5.41, 5.74) is 5.46. The second-order valence-corrected chi connectivity index (χ2v) is 5.72. The molecule has 0 aromatic heterocycles. The summed E-state index contributed by atoms with van der Waals surface area (Å²) in [6, 6.07) is 0. The molecule has 0 aromatic rings. The zero-order valence-corrected chi connectivity index (χ0v) is 10.5. The van der Waals surface area contributed by atoms with Crippen molar-refractivity contribution in [3.8, 4) is 0 Å². The van der Waals surface area contributed by atoms with Gasteiger partial charge in [0.2, 0.25) is 5.91 Å². The molecular weight excluding hydrogens is 208 g/mol. The van der Waals surface area contributed by atoms with Crippen LogP contribution in [0.5, 0.6) is 0 Å². The Morgan fingerprint density at radius 3 is 2.60 bits per heavy atom. The van der Waals surface area contributed by atoms with Crippen LogP contribution in [0.15, 0.2) is 0 Å². The molecule has 0 radical (unpaired) electrons. The van der Waals surface area contributed by atoms with Crippen LogP contribution < -0.4 is 11.1 Å². The van der Waals surface area contributed by atoms with Crippen LogP contribution in [0.3, 0.4) is 0 Å². The van der Waals surface area contributed by atoms with Gasteiger partial charge in [-0.05, 0) is 19.1 Å². The van der Waals surface area contributed by atoms with Crippen LogP contribution in [-0.2, 0) is 4.79 Å². The molecule has 3 N–H and O–H groups in total. The van der Waals surface area contributed by atoms with Crippen LogP contribution in [0, 0.1) is 5.92 Å². The Hall–Kier alpha value is -0.220. The second kappa shape index (κ2) is 5.75. The maximum absolute atomic E-state index is 11.6. The monoisotopic (exact) mass is 230 g/mol. The van der Waals surface area contributed by atoms with E-state index >= 15 is 0 Å². The first-order valence-electron chi connectivity index (χ1n) is 5.66. The molecule has 1 amide bonds. The fourth-order valence-electron chi connectivity index (χ4n) is 2.00. The van der Waals surface area contributed by atoms with E-state index in [-0.39, 0.29) is 11.8 Å². The molecule has 1 fully saturated rings. The van der Waals surface area contributed by atoms with E-state index in [1.165, 1.54) is 25.7 Å². The summed E-state index contributed by atoms with van der Waals surface area (Å²) in [6.45, 7) is 3.10. The van der Waals surface area contributed by atoms with E-state index in [2.05, 4.69) is 11.6 Å². The van der Waals surface area contributed by atoms with Gasteiger partial charge in [0, 0.05) is 23.8 Å². The second-order valence-electron chi connectivity index (χ2n) is 4.45. The summed E-state index contributed by atoms with van der Waals surface area (Å²) in [5, 5.41) is 3.03. The summed E-state index contributed by atoms with van der Waals surface area (Å²) < 4.78 is 0.296. The maximum Gasteiger partial charge on any atom is 0.224 e. The predicted molar refractivity (Wildman–Crippen MR) is 65.9 cm³/mol. The molecule has 1 rings (SSSR count). The zero-order chi connectivity index (χ0) is 11.3. The normalized spacial score (nSPS) is 21.3. The van der Waals surface area contributed by atoms with Crippen molar-refractivity contribution in [3.05, 3.63) is 0 Å². The third kappa shape index (κ3) is 3.38. The average molecular weight is 230 g/mol. The molecule has 0 spiro atoms. The van der Waals surface area contributed by atoms with Crippen molar-refractivity contribution >= 4 is 17.7 Å². The minimum Gasteiger partial charge on any atom is -0.354 e. The summed E-state index contributed by atoms with van der Waals surface area (Å²) in [4.78, 5) is 11.6. The van der Waals surface area contributed by atoms with Crippen molar-refractivity contribution < 1.29 is 4.79 Å². The highest BCUT2D eigenvalue weighted by atomic mass is 32.2. The van der Waals surface area contributed by atoms with Crippen molar-refractivity contribution in [2.75, 3.05) is 19.3 Å². The molecule has 3 nitrogen and oxygen atoms in total. The SMILES string of the molecule is CSC1(CNC(=O)C(C)CN)CCCC1. The van der Waals surface area contributed by atoms with Gasteiger partial charge in [-0.25, -0.2) is 0 Å². The quantitative estimate of drug-likeness (QED) is 0.750. The Morgan fingerprint density at radius 2 is 2.13 bits per heavy atom. The number of hydrogen-bond donors (Lipinski definition) is 2.